The van der Waals surface area contributed by atoms with Crippen LogP contribution in [0.25, 0.3) is 6.08 Å². The van der Waals surface area contributed by atoms with E-state index in [2.05, 4.69) is 9.97 Å². The quantitative estimate of drug-likeness (QED) is 0.766. The van der Waals surface area contributed by atoms with Crippen molar-refractivity contribution in [1.29, 1.82) is 0 Å². The van der Waals surface area contributed by atoms with Crippen LogP contribution >= 0.6 is 0 Å². The lowest BCUT2D eigenvalue weighted by molar-refractivity contribution is -0.145. The van der Waals surface area contributed by atoms with E-state index in [1.165, 1.54) is 12.4 Å². The average molecular weight is 355 g/mol. The first-order chi connectivity index (χ1) is 11.5. The van der Waals surface area contributed by atoms with E-state index in [1.807, 2.05) is 26.8 Å². The molecule has 1 aromatic heterocycles. The predicted octanol–water partition coefficient (Wildman–Crippen LogP) is 3.91. The van der Waals surface area contributed by atoms with Crippen LogP contribution in [0.15, 0.2) is 18.0 Å². The van der Waals surface area contributed by atoms with E-state index in [9.17, 15) is 18.0 Å². The third-order valence-corrected chi connectivity index (χ3v) is 4.20. The number of ether oxygens (including phenoxy) is 1. The number of amides is 1. The summed E-state index contributed by atoms with van der Waals surface area (Å²) in [6.07, 6.45) is 1.01. The summed E-state index contributed by atoms with van der Waals surface area (Å²) in [5.41, 5.74) is 1.27. The zero-order valence-corrected chi connectivity index (χ0v) is 14.4. The highest BCUT2D eigenvalue weighted by molar-refractivity contribution is 5.70. The summed E-state index contributed by atoms with van der Waals surface area (Å²) in [6.45, 7) is 6.80. The topological polar surface area (TPSA) is 55.3 Å². The second-order valence-corrected chi connectivity index (χ2v) is 7.83. The Bertz CT molecular complexity index is 689. The van der Waals surface area contributed by atoms with Crippen LogP contribution in [-0.4, -0.2) is 39.7 Å². The minimum atomic E-state index is -4.52. The molecule has 1 saturated heterocycles. The lowest BCUT2D eigenvalue weighted by Crippen LogP contribution is -2.62. The molecule has 1 spiro atoms. The van der Waals surface area contributed by atoms with Crippen LogP contribution in [0.1, 0.15) is 45.0 Å². The number of aromatic nitrogens is 2. The first-order valence-electron chi connectivity index (χ1n) is 8.03. The number of rotatable bonds is 1. The van der Waals surface area contributed by atoms with Crippen molar-refractivity contribution >= 4 is 12.2 Å². The number of allylic oxidation sites excluding steroid dienone is 1. The third-order valence-electron chi connectivity index (χ3n) is 4.20. The molecule has 0 bridgehead atoms. The molecule has 2 aliphatic rings. The number of carbonyl (C=O) groups excluding carboxylic acids is 1. The lowest BCUT2D eigenvalue weighted by atomic mass is 9.60. The normalized spacial score (nSPS) is 19.3. The molecule has 3 rings (SSSR count). The summed E-state index contributed by atoms with van der Waals surface area (Å²) in [5.74, 6) is -1.13. The first-order valence-corrected chi connectivity index (χ1v) is 8.03. The molecule has 1 aliphatic carbocycles. The van der Waals surface area contributed by atoms with Crippen LogP contribution < -0.4 is 0 Å². The minimum Gasteiger partial charge on any atom is -0.444 e. The van der Waals surface area contributed by atoms with Crippen LogP contribution in [0.5, 0.6) is 0 Å². The molecule has 5 nitrogen and oxygen atoms in total. The smallest absolute Gasteiger partial charge is 0.444 e. The molecule has 0 N–H and O–H groups in total. The Morgan fingerprint density at radius 1 is 1.20 bits per heavy atom. The standard InChI is InChI=1S/C17H20F3N3O2/c1-15(2,3)25-14(24)23-9-16(10-23)5-11(6-16)4-12-7-21-13(22-8-12)17(18,19)20/h4,7-8H,5-6,9-10H2,1-3H3. The van der Waals surface area contributed by atoms with Crippen molar-refractivity contribution in [2.24, 2.45) is 5.41 Å². The predicted molar refractivity (Wildman–Crippen MR) is 84.5 cm³/mol. The van der Waals surface area contributed by atoms with Crippen LogP contribution in [0.4, 0.5) is 18.0 Å². The van der Waals surface area contributed by atoms with E-state index in [0.29, 0.717) is 18.7 Å². The summed E-state index contributed by atoms with van der Waals surface area (Å²) >= 11 is 0. The van der Waals surface area contributed by atoms with Crippen LogP contribution in [0, 0.1) is 5.41 Å². The number of likely N-dealkylation sites (tertiary alicyclic amines) is 1. The molecule has 2 fully saturated rings. The molecule has 1 amide bonds. The third kappa shape index (κ3) is 3.93. The SMILES string of the molecule is CC(C)(C)OC(=O)N1CC2(CC(=Cc3cnc(C(F)(F)F)nc3)C2)C1. The molecular weight excluding hydrogens is 335 g/mol. The summed E-state index contributed by atoms with van der Waals surface area (Å²) in [7, 11) is 0. The van der Waals surface area contributed by atoms with Crippen LogP contribution in [-0.2, 0) is 10.9 Å². The summed E-state index contributed by atoms with van der Waals surface area (Å²) in [4.78, 5) is 20.3. The Hall–Kier alpha value is -2.12. The first kappa shape index (κ1) is 17.7. The lowest BCUT2D eigenvalue weighted by Gasteiger charge is -2.56. The number of hydrogen-bond acceptors (Lipinski definition) is 4. The zero-order chi connectivity index (χ0) is 18.5. The van der Waals surface area contributed by atoms with Crippen molar-refractivity contribution in [2.45, 2.75) is 45.4 Å². The van der Waals surface area contributed by atoms with Gasteiger partial charge in [0.15, 0.2) is 0 Å². The van der Waals surface area contributed by atoms with Gasteiger partial charge in [-0.1, -0.05) is 11.6 Å². The van der Waals surface area contributed by atoms with Gasteiger partial charge in [-0.15, -0.1) is 0 Å². The van der Waals surface area contributed by atoms with E-state index in [4.69, 9.17) is 4.74 Å². The van der Waals surface area contributed by atoms with Crippen LogP contribution in [0.2, 0.25) is 0 Å². The van der Waals surface area contributed by atoms with Crippen molar-refractivity contribution in [3.05, 3.63) is 29.4 Å². The van der Waals surface area contributed by atoms with Gasteiger partial charge in [0.05, 0.1) is 0 Å². The van der Waals surface area contributed by atoms with Gasteiger partial charge in [-0.3, -0.25) is 0 Å². The van der Waals surface area contributed by atoms with Crippen molar-refractivity contribution in [3.8, 4) is 0 Å². The second kappa shape index (κ2) is 5.71. The maximum atomic E-state index is 12.4. The van der Waals surface area contributed by atoms with Gasteiger partial charge in [-0.2, -0.15) is 13.2 Å². The molecule has 25 heavy (non-hydrogen) atoms. The van der Waals surface area contributed by atoms with Gasteiger partial charge < -0.3 is 9.64 Å². The van der Waals surface area contributed by atoms with Gasteiger partial charge in [0.1, 0.15) is 5.60 Å². The van der Waals surface area contributed by atoms with Crippen molar-refractivity contribution in [3.63, 3.8) is 0 Å². The maximum absolute atomic E-state index is 12.4. The summed E-state index contributed by atoms with van der Waals surface area (Å²) in [6, 6.07) is 0. The average Bonchev–Trinajstić information content (AvgIpc) is 2.37. The van der Waals surface area contributed by atoms with Gasteiger partial charge in [0, 0.05) is 36.5 Å². The molecule has 0 atom stereocenters. The van der Waals surface area contributed by atoms with Crippen molar-refractivity contribution in [1.82, 2.24) is 14.9 Å². The molecule has 136 valence electrons. The maximum Gasteiger partial charge on any atom is 0.451 e. The second-order valence-electron chi connectivity index (χ2n) is 7.83. The number of nitrogens with zero attached hydrogens (tertiary/aromatic N) is 3. The van der Waals surface area contributed by atoms with E-state index in [-0.39, 0.29) is 11.5 Å². The van der Waals surface area contributed by atoms with E-state index in [0.717, 1.165) is 18.4 Å². The highest BCUT2D eigenvalue weighted by atomic mass is 19.4. The molecular formula is C17H20F3N3O2. The highest BCUT2D eigenvalue weighted by Gasteiger charge is 2.52. The van der Waals surface area contributed by atoms with Crippen molar-refractivity contribution < 1.29 is 22.7 Å². The van der Waals surface area contributed by atoms with Crippen molar-refractivity contribution in [2.75, 3.05) is 13.1 Å². The molecule has 8 heteroatoms. The largest absolute Gasteiger partial charge is 0.451 e. The fraction of sp³-hybridized carbons (Fsp3) is 0.588. The van der Waals surface area contributed by atoms with Crippen LogP contribution in [0.3, 0.4) is 0 Å². The Morgan fingerprint density at radius 3 is 2.24 bits per heavy atom. The summed E-state index contributed by atoms with van der Waals surface area (Å²) < 4.78 is 42.6. The molecule has 0 unspecified atom stereocenters. The highest BCUT2D eigenvalue weighted by Crippen LogP contribution is 2.52. The number of halogens is 3. The van der Waals surface area contributed by atoms with Gasteiger partial charge >= 0.3 is 12.3 Å². The Balaban J connectivity index is 1.52. The fourth-order valence-electron chi connectivity index (χ4n) is 3.25. The zero-order valence-electron chi connectivity index (χ0n) is 14.4. The molecule has 0 aromatic carbocycles. The monoisotopic (exact) mass is 355 g/mol. The Labute approximate surface area is 143 Å². The minimum absolute atomic E-state index is 0.0928. The van der Waals surface area contributed by atoms with Gasteiger partial charge in [0.25, 0.3) is 0 Å². The number of hydrogen-bond donors (Lipinski definition) is 0. The fourth-order valence-corrected chi connectivity index (χ4v) is 3.25. The molecule has 1 aromatic rings. The van der Waals surface area contributed by atoms with Gasteiger partial charge in [-0.25, -0.2) is 14.8 Å². The number of alkyl halides is 3. The van der Waals surface area contributed by atoms with Gasteiger partial charge in [0.2, 0.25) is 5.82 Å². The molecule has 1 saturated carbocycles. The number of carbonyl (C=O) groups is 1. The van der Waals surface area contributed by atoms with E-state index >= 15 is 0 Å². The van der Waals surface area contributed by atoms with Gasteiger partial charge in [-0.05, 0) is 33.6 Å². The molecule has 1 aliphatic heterocycles. The van der Waals surface area contributed by atoms with E-state index in [1.54, 1.807) is 4.90 Å². The summed E-state index contributed by atoms with van der Waals surface area (Å²) in [5, 5.41) is 0. The Morgan fingerprint density at radius 2 is 1.76 bits per heavy atom. The molecule has 2 heterocycles. The van der Waals surface area contributed by atoms with E-state index < -0.39 is 17.6 Å². The Kier molecular flexibility index (Phi) is 4.04. The molecule has 0 radical (unpaired) electrons.